The Kier molecular flexibility index (Phi) is 9.61. The molecule has 1 aromatic heterocycles. The molecule has 32 heavy (non-hydrogen) atoms. The highest BCUT2D eigenvalue weighted by molar-refractivity contribution is 14.0. The molecule has 0 saturated carbocycles. The zero-order valence-corrected chi connectivity index (χ0v) is 22.1. The molecule has 8 heteroatoms. The third-order valence-electron chi connectivity index (χ3n) is 6.61. The first-order valence-corrected chi connectivity index (χ1v) is 12.2. The van der Waals surface area contributed by atoms with E-state index in [0.717, 1.165) is 50.7 Å². The molecule has 2 fully saturated rings. The van der Waals surface area contributed by atoms with Crippen molar-refractivity contribution in [3.63, 3.8) is 0 Å². The Hall–Kier alpha value is -1.39. The van der Waals surface area contributed by atoms with Crippen LogP contribution >= 0.6 is 35.3 Å². The number of aliphatic imine (C=N–C) groups is 1. The van der Waals surface area contributed by atoms with Crippen molar-refractivity contribution in [2.24, 2.45) is 10.9 Å². The number of hydrogen-bond acceptors (Lipinski definition) is 4. The Morgan fingerprint density at radius 2 is 1.97 bits per heavy atom. The third-order valence-corrected chi connectivity index (χ3v) is 7.55. The molecule has 2 atom stereocenters. The number of nitrogens with one attached hydrogen (secondary N) is 2. The van der Waals surface area contributed by atoms with E-state index in [0.29, 0.717) is 18.0 Å². The summed E-state index contributed by atoms with van der Waals surface area (Å²) >= 11 is 1.86. The van der Waals surface area contributed by atoms with Crippen LogP contribution in [0.25, 0.3) is 0 Å². The van der Waals surface area contributed by atoms with Gasteiger partial charge in [0.2, 0.25) is 0 Å². The van der Waals surface area contributed by atoms with Gasteiger partial charge in [0.1, 0.15) is 5.82 Å². The molecule has 0 spiro atoms. The minimum absolute atomic E-state index is 0. The van der Waals surface area contributed by atoms with Gasteiger partial charge in [-0.3, -0.25) is 9.89 Å². The first-order chi connectivity index (χ1) is 15.1. The fourth-order valence-electron chi connectivity index (χ4n) is 4.95. The molecular weight excluding hydrogens is 536 g/mol. The molecule has 3 heterocycles. The second kappa shape index (κ2) is 12.2. The minimum atomic E-state index is -0.170. The van der Waals surface area contributed by atoms with Gasteiger partial charge >= 0.3 is 0 Å². The largest absolute Gasteiger partial charge is 0.371 e. The molecule has 5 nitrogen and oxygen atoms in total. The molecule has 2 saturated heterocycles. The van der Waals surface area contributed by atoms with Gasteiger partial charge in [0, 0.05) is 49.3 Å². The van der Waals surface area contributed by atoms with Crippen molar-refractivity contribution in [3.8, 4) is 0 Å². The number of halogens is 2. The molecule has 176 valence electrons. The van der Waals surface area contributed by atoms with Crippen molar-refractivity contribution >= 4 is 47.0 Å². The molecule has 2 aromatic rings. The predicted molar refractivity (Wildman–Crippen MR) is 144 cm³/mol. The van der Waals surface area contributed by atoms with Crippen LogP contribution in [-0.2, 0) is 0 Å². The monoisotopic (exact) mass is 571 g/mol. The topological polar surface area (TPSA) is 42.9 Å². The lowest BCUT2D eigenvalue weighted by molar-refractivity contribution is 0.125. The summed E-state index contributed by atoms with van der Waals surface area (Å²) in [6.45, 7) is 3.93. The first kappa shape index (κ1) is 25.2. The van der Waals surface area contributed by atoms with Gasteiger partial charge in [0.25, 0.3) is 0 Å². The van der Waals surface area contributed by atoms with Crippen LogP contribution in [0.4, 0.5) is 10.1 Å². The van der Waals surface area contributed by atoms with Gasteiger partial charge in [-0.05, 0) is 74.8 Å². The summed E-state index contributed by atoms with van der Waals surface area (Å²) in [5.74, 6) is 1.30. The molecular formula is C24H35FIN5S. The minimum Gasteiger partial charge on any atom is -0.371 e. The van der Waals surface area contributed by atoms with Crippen LogP contribution in [0.15, 0.2) is 46.8 Å². The standard InChI is InChI=1S/C24H34FN5S.HI/c1-26-24(27-17-18-6-4-12-29(2)23(18)22-9-5-15-31-22)28-20-10-13-30(14-11-20)21-8-3-7-19(25)16-21;/h3,5,7-9,15-16,18,20,23H,4,6,10-14,17H2,1-2H3,(H2,26,27,28);1H. The molecule has 0 radical (unpaired) electrons. The van der Waals surface area contributed by atoms with Gasteiger partial charge in [-0.15, -0.1) is 35.3 Å². The van der Waals surface area contributed by atoms with Crippen LogP contribution in [-0.4, -0.2) is 57.2 Å². The van der Waals surface area contributed by atoms with E-state index in [1.807, 2.05) is 24.5 Å². The molecule has 2 aliphatic heterocycles. The van der Waals surface area contributed by atoms with Crippen molar-refractivity contribution in [1.29, 1.82) is 0 Å². The Labute approximate surface area is 212 Å². The van der Waals surface area contributed by atoms with Crippen LogP contribution < -0.4 is 15.5 Å². The lowest BCUT2D eigenvalue weighted by Crippen LogP contribution is -2.50. The summed E-state index contributed by atoms with van der Waals surface area (Å²) in [4.78, 5) is 10.7. The number of likely N-dealkylation sites (tertiary alicyclic amines) is 1. The third kappa shape index (κ3) is 6.35. The van der Waals surface area contributed by atoms with E-state index < -0.39 is 0 Å². The highest BCUT2D eigenvalue weighted by Crippen LogP contribution is 2.36. The van der Waals surface area contributed by atoms with Crippen LogP contribution in [0.5, 0.6) is 0 Å². The molecule has 0 aliphatic carbocycles. The van der Waals surface area contributed by atoms with Crippen molar-refractivity contribution < 1.29 is 4.39 Å². The molecule has 1 aromatic carbocycles. The Bertz CT molecular complexity index is 854. The van der Waals surface area contributed by atoms with Crippen molar-refractivity contribution in [3.05, 3.63) is 52.5 Å². The van der Waals surface area contributed by atoms with E-state index in [9.17, 15) is 4.39 Å². The molecule has 0 bridgehead atoms. The van der Waals surface area contributed by atoms with E-state index in [-0.39, 0.29) is 29.8 Å². The maximum Gasteiger partial charge on any atom is 0.191 e. The van der Waals surface area contributed by atoms with Gasteiger partial charge < -0.3 is 15.5 Å². The number of anilines is 1. The highest BCUT2D eigenvalue weighted by Gasteiger charge is 2.31. The molecule has 2 unspecified atom stereocenters. The van der Waals surface area contributed by atoms with Gasteiger partial charge in [0.15, 0.2) is 5.96 Å². The lowest BCUT2D eigenvalue weighted by atomic mass is 9.88. The smallest absolute Gasteiger partial charge is 0.191 e. The summed E-state index contributed by atoms with van der Waals surface area (Å²) in [5, 5.41) is 9.40. The fourth-order valence-corrected chi connectivity index (χ4v) is 5.94. The van der Waals surface area contributed by atoms with Crippen LogP contribution in [0.2, 0.25) is 0 Å². The van der Waals surface area contributed by atoms with Crippen molar-refractivity contribution in [2.75, 3.05) is 45.2 Å². The zero-order valence-electron chi connectivity index (χ0n) is 19.0. The predicted octanol–water partition coefficient (Wildman–Crippen LogP) is 4.72. The van der Waals surface area contributed by atoms with Crippen LogP contribution in [0.3, 0.4) is 0 Å². The molecule has 2 N–H and O–H groups in total. The Morgan fingerprint density at radius 1 is 1.16 bits per heavy atom. The quantitative estimate of drug-likeness (QED) is 0.310. The zero-order chi connectivity index (χ0) is 21.6. The van der Waals surface area contributed by atoms with E-state index in [4.69, 9.17) is 0 Å². The summed E-state index contributed by atoms with van der Waals surface area (Å²) in [6, 6.07) is 12.2. The number of piperidine rings is 2. The number of rotatable bonds is 5. The average Bonchev–Trinajstić information content (AvgIpc) is 3.31. The van der Waals surface area contributed by atoms with Gasteiger partial charge in [-0.1, -0.05) is 12.1 Å². The number of nitrogens with zero attached hydrogens (tertiary/aromatic N) is 3. The molecule has 2 aliphatic rings. The lowest BCUT2D eigenvalue weighted by Gasteiger charge is -2.39. The summed E-state index contributed by atoms with van der Waals surface area (Å²) in [7, 11) is 4.09. The fraction of sp³-hybridized carbons (Fsp3) is 0.542. The van der Waals surface area contributed by atoms with Gasteiger partial charge in [-0.2, -0.15) is 0 Å². The summed E-state index contributed by atoms with van der Waals surface area (Å²) in [6.07, 6.45) is 4.51. The second-order valence-electron chi connectivity index (χ2n) is 8.68. The summed E-state index contributed by atoms with van der Waals surface area (Å²) < 4.78 is 13.5. The van der Waals surface area contributed by atoms with E-state index in [1.54, 1.807) is 12.1 Å². The second-order valence-corrected chi connectivity index (χ2v) is 9.66. The Morgan fingerprint density at radius 3 is 2.66 bits per heavy atom. The first-order valence-electron chi connectivity index (χ1n) is 11.4. The van der Waals surface area contributed by atoms with Gasteiger partial charge in [-0.25, -0.2) is 4.39 Å². The van der Waals surface area contributed by atoms with Crippen molar-refractivity contribution in [2.45, 2.75) is 37.8 Å². The number of hydrogen-bond donors (Lipinski definition) is 2. The van der Waals surface area contributed by atoms with Crippen LogP contribution in [0.1, 0.15) is 36.6 Å². The molecule has 0 amide bonds. The summed E-state index contributed by atoms with van der Waals surface area (Å²) in [5.41, 5.74) is 0.974. The number of guanidine groups is 1. The molecule has 4 rings (SSSR count). The maximum atomic E-state index is 13.5. The van der Waals surface area contributed by atoms with E-state index >= 15 is 0 Å². The highest BCUT2D eigenvalue weighted by atomic mass is 127. The maximum absolute atomic E-state index is 13.5. The average molecular weight is 572 g/mol. The van der Waals surface area contributed by atoms with E-state index in [2.05, 4.69) is 50.0 Å². The normalized spacial score (nSPS) is 23.0. The Balaban J connectivity index is 0.00000289. The van der Waals surface area contributed by atoms with Crippen molar-refractivity contribution in [1.82, 2.24) is 15.5 Å². The van der Waals surface area contributed by atoms with E-state index in [1.165, 1.54) is 23.8 Å². The van der Waals surface area contributed by atoms with Gasteiger partial charge in [0.05, 0.1) is 0 Å². The number of benzene rings is 1. The SMILES string of the molecule is CN=C(NCC1CCCN(C)C1c1cccs1)NC1CCN(c2cccc(F)c2)CC1.I. The number of thiophene rings is 1. The van der Waals surface area contributed by atoms with Crippen LogP contribution in [0, 0.1) is 11.7 Å².